The summed E-state index contributed by atoms with van der Waals surface area (Å²) in [6.45, 7) is 6.95. The van der Waals surface area contributed by atoms with Gasteiger partial charge in [-0.3, -0.25) is 9.69 Å². The number of hydrogen-bond acceptors (Lipinski definition) is 5. The molecule has 0 aromatic carbocycles. The molecule has 0 fully saturated rings. The standard InChI is InChI=1S/C21H31N3O3S2/c1-21(2,3)24(20(26)27)18(10-4-5-11-22)19(25)23(14-16-8-6-12-28-16)15-17-9-7-13-29-17/h6-9,12-13,18H,4-5,10-11,14-15,22H2,1-3H3,(H,26,27)/t18-/m0/s1. The van der Waals surface area contributed by atoms with Gasteiger partial charge < -0.3 is 15.7 Å². The molecule has 2 rings (SSSR count). The first-order valence-corrected chi connectivity index (χ1v) is 11.6. The van der Waals surface area contributed by atoms with E-state index in [1.54, 1.807) is 27.6 Å². The lowest BCUT2D eigenvalue weighted by Gasteiger charge is -2.40. The average molecular weight is 438 g/mol. The Morgan fingerprint density at radius 1 is 1.07 bits per heavy atom. The van der Waals surface area contributed by atoms with E-state index in [1.807, 2.05) is 55.8 Å². The summed E-state index contributed by atoms with van der Waals surface area (Å²) in [5.41, 5.74) is 4.94. The van der Waals surface area contributed by atoms with Gasteiger partial charge in [-0.15, -0.1) is 22.7 Å². The van der Waals surface area contributed by atoms with Crippen molar-refractivity contribution in [2.75, 3.05) is 6.54 Å². The Bertz CT molecular complexity index is 718. The third-order valence-electron chi connectivity index (χ3n) is 4.62. The van der Waals surface area contributed by atoms with Crippen molar-refractivity contribution in [1.29, 1.82) is 0 Å². The maximum atomic E-state index is 13.7. The van der Waals surface area contributed by atoms with Crippen LogP contribution in [0.25, 0.3) is 0 Å². The van der Waals surface area contributed by atoms with E-state index in [0.29, 0.717) is 32.5 Å². The van der Waals surface area contributed by atoms with Crippen LogP contribution in [-0.4, -0.2) is 45.0 Å². The summed E-state index contributed by atoms with van der Waals surface area (Å²) < 4.78 is 0. The highest BCUT2D eigenvalue weighted by Crippen LogP contribution is 2.25. The van der Waals surface area contributed by atoms with Crippen LogP contribution in [-0.2, 0) is 17.9 Å². The van der Waals surface area contributed by atoms with Crippen LogP contribution in [0.4, 0.5) is 4.79 Å². The van der Waals surface area contributed by atoms with Crippen molar-refractivity contribution in [3.8, 4) is 0 Å². The second-order valence-electron chi connectivity index (χ2n) is 7.98. The Labute approximate surface area is 180 Å². The molecule has 8 heteroatoms. The summed E-state index contributed by atoms with van der Waals surface area (Å²) in [5, 5.41) is 13.9. The summed E-state index contributed by atoms with van der Waals surface area (Å²) in [7, 11) is 0. The highest BCUT2D eigenvalue weighted by atomic mass is 32.1. The van der Waals surface area contributed by atoms with Gasteiger partial charge >= 0.3 is 6.09 Å². The van der Waals surface area contributed by atoms with Crippen molar-refractivity contribution in [1.82, 2.24) is 9.80 Å². The van der Waals surface area contributed by atoms with Gasteiger partial charge in [0.25, 0.3) is 0 Å². The van der Waals surface area contributed by atoms with Gasteiger partial charge in [-0.25, -0.2) is 4.79 Å². The van der Waals surface area contributed by atoms with Crippen LogP contribution in [0.15, 0.2) is 35.0 Å². The molecule has 0 spiro atoms. The molecular formula is C21H31N3O3S2. The number of rotatable bonds is 10. The first-order chi connectivity index (χ1) is 13.7. The van der Waals surface area contributed by atoms with Crippen LogP contribution in [0.2, 0.25) is 0 Å². The van der Waals surface area contributed by atoms with Crippen LogP contribution in [0, 0.1) is 0 Å². The maximum absolute atomic E-state index is 13.7. The van der Waals surface area contributed by atoms with Crippen molar-refractivity contribution < 1.29 is 14.7 Å². The molecule has 2 aromatic heterocycles. The molecule has 0 radical (unpaired) electrons. The van der Waals surface area contributed by atoms with Crippen LogP contribution < -0.4 is 5.73 Å². The Hall–Kier alpha value is -1.90. The van der Waals surface area contributed by atoms with Crippen molar-refractivity contribution in [3.63, 3.8) is 0 Å². The molecule has 0 aliphatic rings. The zero-order valence-corrected chi connectivity index (χ0v) is 19.0. The average Bonchev–Trinajstić information content (AvgIpc) is 3.32. The fraction of sp³-hybridized carbons (Fsp3) is 0.524. The Balaban J connectivity index is 2.34. The number of nitrogens with two attached hydrogens (primary N) is 1. The SMILES string of the molecule is CC(C)(C)N(C(=O)O)[C@@H](CCCCN)C(=O)N(Cc1cccs1)Cc1cccs1. The van der Waals surface area contributed by atoms with E-state index in [0.717, 1.165) is 16.2 Å². The minimum absolute atomic E-state index is 0.152. The number of thiophene rings is 2. The summed E-state index contributed by atoms with van der Waals surface area (Å²) in [4.78, 5) is 31.0. The molecule has 0 saturated carbocycles. The molecule has 2 heterocycles. The number of carbonyl (C=O) groups excluding carboxylic acids is 1. The topological polar surface area (TPSA) is 86.9 Å². The fourth-order valence-electron chi connectivity index (χ4n) is 3.34. The molecule has 29 heavy (non-hydrogen) atoms. The third-order valence-corrected chi connectivity index (χ3v) is 6.34. The molecule has 0 unspecified atom stereocenters. The van der Waals surface area contributed by atoms with E-state index in [4.69, 9.17) is 5.73 Å². The molecule has 0 saturated heterocycles. The van der Waals surface area contributed by atoms with Crippen molar-refractivity contribution >= 4 is 34.7 Å². The smallest absolute Gasteiger partial charge is 0.408 e. The molecule has 0 bridgehead atoms. The van der Waals surface area contributed by atoms with E-state index in [-0.39, 0.29) is 5.91 Å². The predicted molar refractivity (Wildman–Crippen MR) is 119 cm³/mol. The van der Waals surface area contributed by atoms with Gasteiger partial charge in [0.15, 0.2) is 0 Å². The zero-order chi connectivity index (χ0) is 21.4. The summed E-state index contributed by atoms with van der Waals surface area (Å²) >= 11 is 3.20. The van der Waals surface area contributed by atoms with Crippen LogP contribution >= 0.6 is 22.7 Å². The molecule has 2 aromatic rings. The second-order valence-corrected chi connectivity index (χ2v) is 10.0. The van der Waals surface area contributed by atoms with Gasteiger partial charge in [0.1, 0.15) is 6.04 Å². The first-order valence-electron chi connectivity index (χ1n) is 9.80. The maximum Gasteiger partial charge on any atom is 0.408 e. The minimum Gasteiger partial charge on any atom is -0.465 e. The van der Waals surface area contributed by atoms with E-state index >= 15 is 0 Å². The molecule has 1 atom stereocenters. The quantitative estimate of drug-likeness (QED) is 0.531. The van der Waals surface area contributed by atoms with Crippen molar-refractivity contribution in [2.45, 2.75) is 64.7 Å². The number of nitrogens with zero attached hydrogens (tertiary/aromatic N) is 2. The first kappa shape index (κ1) is 23.4. The molecule has 6 nitrogen and oxygen atoms in total. The monoisotopic (exact) mass is 437 g/mol. The number of amides is 2. The lowest BCUT2D eigenvalue weighted by molar-refractivity contribution is -0.139. The highest BCUT2D eigenvalue weighted by Gasteiger charge is 2.39. The highest BCUT2D eigenvalue weighted by molar-refractivity contribution is 7.10. The molecule has 160 valence electrons. The van der Waals surface area contributed by atoms with Gasteiger partial charge in [0.05, 0.1) is 13.1 Å². The second kappa shape index (κ2) is 10.8. The fourth-order valence-corrected chi connectivity index (χ4v) is 4.78. The van der Waals surface area contributed by atoms with Crippen LogP contribution in [0.1, 0.15) is 49.8 Å². The van der Waals surface area contributed by atoms with Crippen LogP contribution in [0.3, 0.4) is 0 Å². The Kier molecular flexibility index (Phi) is 8.67. The zero-order valence-electron chi connectivity index (χ0n) is 17.3. The van der Waals surface area contributed by atoms with Crippen molar-refractivity contribution in [2.24, 2.45) is 5.73 Å². The largest absolute Gasteiger partial charge is 0.465 e. The third kappa shape index (κ3) is 6.83. The number of carbonyl (C=O) groups is 2. The summed E-state index contributed by atoms with van der Waals surface area (Å²) in [5.74, 6) is -0.152. The van der Waals surface area contributed by atoms with E-state index in [1.165, 1.54) is 4.90 Å². The number of unbranched alkanes of at least 4 members (excludes halogenated alkanes) is 1. The lowest BCUT2D eigenvalue weighted by atomic mass is 9.98. The van der Waals surface area contributed by atoms with E-state index in [2.05, 4.69) is 0 Å². The minimum atomic E-state index is -1.07. The lowest BCUT2D eigenvalue weighted by Crippen LogP contribution is -2.57. The molecule has 0 aliphatic heterocycles. The number of carboxylic acid groups (broad SMARTS) is 1. The van der Waals surface area contributed by atoms with E-state index in [9.17, 15) is 14.7 Å². The predicted octanol–water partition coefficient (Wildman–Crippen LogP) is 4.61. The summed E-state index contributed by atoms with van der Waals surface area (Å²) in [6.07, 6.45) is 0.858. The van der Waals surface area contributed by atoms with Crippen molar-refractivity contribution in [3.05, 3.63) is 44.8 Å². The molecular weight excluding hydrogens is 406 g/mol. The van der Waals surface area contributed by atoms with Crippen LogP contribution in [0.5, 0.6) is 0 Å². The normalized spacial score (nSPS) is 12.6. The molecule has 0 aliphatic carbocycles. The van der Waals surface area contributed by atoms with Gasteiger partial charge in [0.2, 0.25) is 5.91 Å². The van der Waals surface area contributed by atoms with Gasteiger partial charge in [0, 0.05) is 15.3 Å². The Morgan fingerprint density at radius 2 is 1.62 bits per heavy atom. The number of hydrogen-bond donors (Lipinski definition) is 2. The Morgan fingerprint density at radius 3 is 2.00 bits per heavy atom. The van der Waals surface area contributed by atoms with Gasteiger partial charge in [-0.1, -0.05) is 12.1 Å². The molecule has 2 amide bonds. The van der Waals surface area contributed by atoms with Gasteiger partial charge in [-0.05, 0) is 69.5 Å². The van der Waals surface area contributed by atoms with Gasteiger partial charge in [-0.2, -0.15) is 0 Å². The summed E-state index contributed by atoms with van der Waals surface area (Å²) in [6, 6.07) is 7.19. The van der Waals surface area contributed by atoms with E-state index < -0.39 is 17.7 Å². The molecule has 3 N–H and O–H groups in total.